The Bertz CT molecular complexity index is 696. The lowest BCUT2D eigenvalue weighted by atomic mass is 10.2. The van der Waals surface area contributed by atoms with Crippen LogP contribution in [0.2, 0.25) is 0 Å². The second kappa shape index (κ2) is 8.27. The minimum atomic E-state index is -3.49. The van der Waals surface area contributed by atoms with E-state index in [0.717, 1.165) is 32.4 Å². The molecule has 1 amide bonds. The number of sulfonamides is 1. The summed E-state index contributed by atoms with van der Waals surface area (Å²) in [6.07, 6.45) is 2.87. The lowest BCUT2D eigenvalue weighted by Crippen LogP contribution is -2.41. The molecule has 7 nitrogen and oxygen atoms in total. The van der Waals surface area contributed by atoms with Crippen LogP contribution in [0.4, 0.5) is 5.69 Å². The van der Waals surface area contributed by atoms with Gasteiger partial charge in [0.1, 0.15) is 0 Å². The average Bonchev–Trinajstić information content (AvgIpc) is 2.63. The van der Waals surface area contributed by atoms with Crippen LogP contribution in [0.3, 0.4) is 0 Å². The van der Waals surface area contributed by atoms with E-state index in [2.05, 4.69) is 5.32 Å². The van der Waals surface area contributed by atoms with Crippen LogP contribution in [0, 0.1) is 0 Å². The van der Waals surface area contributed by atoms with E-state index in [4.69, 9.17) is 4.74 Å². The molecule has 3 rings (SSSR count). The molecule has 0 atom stereocenters. The van der Waals surface area contributed by atoms with Crippen LogP contribution in [0.15, 0.2) is 29.2 Å². The van der Waals surface area contributed by atoms with E-state index in [1.807, 2.05) is 4.90 Å². The fraction of sp³-hybridized carbons (Fsp3) is 0.588. The van der Waals surface area contributed by atoms with E-state index < -0.39 is 10.0 Å². The van der Waals surface area contributed by atoms with Gasteiger partial charge in [0.15, 0.2) is 0 Å². The standard InChI is InChI=1S/C17H25N3O4S/c21-17(14-19-9-11-24-12-10-19)18-15-5-4-6-16(13-15)25(22,23)20-7-2-1-3-8-20/h4-6,13H,1-3,7-12,14H2,(H,18,21). The lowest BCUT2D eigenvalue weighted by Gasteiger charge is -2.26. The van der Waals surface area contributed by atoms with Crippen LogP contribution in [-0.4, -0.2) is 69.5 Å². The van der Waals surface area contributed by atoms with Gasteiger partial charge in [0, 0.05) is 31.9 Å². The molecule has 0 saturated carbocycles. The van der Waals surface area contributed by atoms with Gasteiger partial charge in [-0.1, -0.05) is 12.5 Å². The number of carbonyl (C=O) groups is 1. The molecule has 2 heterocycles. The average molecular weight is 367 g/mol. The molecule has 25 heavy (non-hydrogen) atoms. The van der Waals surface area contributed by atoms with Crippen LogP contribution < -0.4 is 5.32 Å². The summed E-state index contributed by atoms with van der Waals surface area (Å²) in [6, 6.07) is 6.51. The van der Waals surface area contributed by atoms with Crippen molar-refractivity contribution in [2.75, 3.05) is 51.3 Å². The van der Waals surface area contributed by atoms with E-state index in [0.29, 0.717) is 32.0 Å². The van der Waals surface area contributed by atoms with Crippen molar-refractivity contribution in [1.82, 2.24) is 9.21 Å². The maximum Gasteiger partial charge on any atom is 0.243 e. The number of nitrogens with one attached hydrogen (secondary N) is 1. The zero-order valence-electron chi connectivity index (χ0n) is 14.3. The number of hydrogen-bond donors (Lipinski definition) is 1. The molecule has 2 aliphatic heterocycles. The van der Waals surface area contributed by atoms with Gasteiger partial charge in [0.2, 0.25) is 15.9 Å². The topological polar surface area (TPSA) is 79.0 Å². The van der Waals surface area contributed by atoms with Crippen molar-refractivity contribution < 1.29 is 17.9 Å². The van der Waals surface area contributed by atoms with Crippen LogP contribution in [0.1, 0.15) is 19.3 Å². The monoisotopic (exact) mass is 367 g/mol. The number of carbonyl (C=O) groups excluding carboxylic acids is 1. The highest BCUT2D eigenvalue weighted by atomic mass is 32.2. The Morgan fingerprint density at radius 1 is 1.08 bits per heavy atom. The molecule has 1 aromatic rings. The minimum absolute atomic E-state index is 0.144. The number of morpholine rings is 1. The normalized spacial score (nSPS) is 20.3. The van der Waals surface area contributed by atoms with Gasteiger partial charge in [-0.2, -0.15) is 4.31 Å². The molecule has 0 radical (unpaired) electrons. The second-order valence-electron chi connectivity index (χ2n) is 6.43. The molecule has 0 spiro atoms. The molecule has 0 aromatic heterocycles. The largest absolute Gasteiger partial charge is 0.379 e. The highest BCUT2D eigenvalue weighted by molar-refractivity contribution is 7.89. The first-order chi connectivity index (χ1) is 12.1. The Labute approximate surface area is 149 Å². The Balaban J connectivity index is 1.65. The summed E-state index contributed by atoms with van der Waals surface area (Å²) < 4.78 is 32.3. The van der Waals surface area contributed by atoms with E-state index in [-0.39, 0.29) is 17.3 Å². The number of hydrogen-bond acceptors (Lipinski definition) is 5. The van der Waals surface area contributed by atoms with Gasteiger partial charge in [-0.15, -0.1) is 0 Å². The molecule has 138 valence electrons. The predicted octanol–water partition coefficient (Wildman–Crippen LogP) is 1.13. The van der Waals surface area contributed by atoms with Gasteiger partial charge in [-0.3, -0.25) is 9.69 Å². The molecule has 2 aliphatic rings. The Morgan fingerprint density at radius 3 is 2.52 bits per heavy atom. The van der Waals surface area contributed by atoms with Crippen molar-refractivity contribution in [3.8, 4) is 0 Å². The molecule has 1 N–H and O–H groups in total. The van der Waals surface area contributed by atoms with Crippen molar-refractivity contribution in [3.05, 3.63) is 24.3 Å². The molecule has 2 fully saturated rings. The third kappa shape index (κ3) is 4.78. The lowest BCUT2D eigenvalue weighted by molar-refractivity contribution is -0.118. The Hall–Kier alpha value is -1.48. The molecular weight excluding hydrogens is 342 g/mol. The van der Waals surface area contributed by atoms with Gasteiger partial charge in [-0.05, 0) is 31.0 Å². The number of amides is 1. The van der Waals surface area contributed by atoms with Gasteiger partial charge in [0.25, 0.3) is 0 Å². The number of anilines is 1. The van der Waals surface area contributed by atoms with Crippen LogP contribution in [-0.2, 0) is 19.6 Å². The maximum absolute atomic E-state index is 12.7. The number of ether oxygens (including phenoxy) is 1. The van der Waals surface area contributed by atoms with E-state index in [1.165, 1.54) is 4.31 Å². The second-order valence-corrected chi connectivity index (χ2v) is 8.37. The van der Waals surface area contributed by atoms with Crippen molar-refractivity contribution in [1.29, 1.82) is 0 Å². The van der Waals surface area contributed by atoms with Crippen molar-refractivity contribution in [2.45, 2.75) is 24.2 Å². The smallest absolute Gasteiger partial charge is 0.243 e. The highest BCUT2D eigenvalue weighted by Gasteiger charge is 2.26. The first-order valence-corrected chi connectivity index (χ1v) is 10.2. The van der Waals surface area contributed by atoms with Crippen LogP contribution in [0.5, 0.6) is 0 Å². The molecule has 2 saturated heterocycles. The maximum atomic E-state index is 12.7. The van der Waals surface area contributed by atoms with Crippen LogP contribution >= 0.6 is 0 Å². The summed E-state index contributed by atoms with van der Waals surface area (Å²) in [5.41, 5.74) is 0.511. The van der Waals surface area contributed by atoms with Gasteiger partial charge in [-0.25, -0.2) is 8.42 Å². The number of benzene rings is 1. The number of piperidine rings is 1. The number of nitrogens with zero attached hydrogens (tertiary/aromatic N) is 2. The summed E-state index contributed by atoms with van der Waals surface area (Å²) in [7, 11) is -3.49. The zero-order chi connectivity index (χ0) is 17.7. The Morgan fingerprint density at radius 2 is 1.80 bits per heavy atom. The van der Waals surface area contributed by atoms with E-state index >= 15 is 0 Å². The first-order valence-electron chi connectivity index (χ1n) is 8.76. The highest BCUT2D eigenvalue weighted by Crippen LogP contribution is 2.22. The Kier molecular flexibility index (Phi) is 6.06. The fourth-order valence-electron chi connectivity index (χ4n) is 3.15. The third-order valence-corrected chi connectivity index (χ3v) is 6.44. The third-order valence-electron chi connectivity index (χ3n) is 4.54. The summed E-state index contributed by atoms with van der Waals surface area (Å²) in [5.74, 6) is -0.144. The first kappa shape index (κ1) is 18.3. The summed E-state index contributed by atoms with van der Waals surface area (Å²) >= 11 is 0. The molecule has 0 aliphatic carbocycles. The van der Waals surface area contributed by atoms with Crippen molar-refractivity contribution in [2.24, 2.45) is 0 Å². The summed E-state index contributed by atoms with van der Waals surface area (Å²) in [5, 5.41) is 2.80. The quantitative estimate of drug-likeness (QED) is 0.844. The molecular formula is C17H25N3O4S. The van der Waals surface area contributed by atoms with E-state index in [1.54, 1.807) is 24.3 Å². The molecule has 8 heteroatoms. The van der Waals surface area contributed by atoms with Gasteiger partial charge >= 0.3 is 0 Å². The molecule has 0 unspecified atom stereocenters. The van der Waals surface area contributed by atoms with Gasteiger partial charge < -0.3 is 10.1 Å². The van der Waals surface area contributed by atoms with Crippen LogP contribution in [0.25, 0.3) is 0 Å². The zero-order valence-corrected chi connectivity index (χ0v) is 15.1. The van der Waals surface area contributed by atoms with Crippen molar-refractivity contribution >= 4 is 21.6 Å². The van der Waals surface area contributed by atoms with Gasteiger partial charge in [0.05, 0.1) is 24.7 Å². The SMILES string of the molecule is O=C(CN1CCOCC1)Nc1cccc(S(=O)(=O)N2CCCCC2)c1. The van der Waals surface area contributed by atoms with Crippen molar-refractivity contribution in [3.63, 3.8) is 0 Å². The fourth-order valence-corrected chi connectivity index (χ4v) is 4.72. The number of rotatable bonds is 5. The molecule has 0 bridgehead atoms. The molecule has 1 aromatic carbocycles. The minimum Gasteiger partial charge on any atom is -0.379 e. The van der Waals surface area contributed by atoms with E-state index in [9.17, 15) is 13.2 Å². The summed E-state index contributed by atoms with van der Waals surface area (Å²) in [4.78, 5) is 14.4. The summed E-state index contributed by atoms with van der Waals surface area (Å²) in [6.45, 7) is 4.15. The predicted molar refractivity (Wildman–Crippen MR) is 94.9 cm³/mol.